The fourth-order valence-corrected chi connectivity index (χ4v) is 0.689. The van der Waals surface area contributed by atoms with Gasteiger partial charge in [0.05, 0.1) is 0 Å². The summed E-state index contributed by atoms with van der Waals surface area (Å²) in [6.45, 7) is 0. The molecule has 0 aliphatic rings. The van der Waals surface area contributed by atoms with Crippen LogP contribution in [0.3, 0.4) is 0 Å². The Balaban J connectivity index is 0. The van der Waals surface area contributed by atoms with Crippen molar-refractivity contribution in [2.45, 2.75) is 0 Å². The Bertz CT molecular complexity index is 313. The number of carboxylic acid groups (broad SMARTS) is 3. The number of carbonyl (C=O) groups is 2. The molecule has 1 rings (SSSR count). The van der Waals surface area contributed by atoms with E-state index in [2.05, 4.69) is 12.9 Å². The summed E-state index contributed by atoms with van der Waals surface area (Å²) >= 11 is 0. The molecule has 0 bridgehead atoms. The van der Waals surface area contributed by atoms with Gasteiger partial charge in [-0.2, -0.15) is 0 Å². The first kappa shape index (κ1) is 15.7. The molecule has 1 radical (unpaired) electrons. The summed E-state index contributed by atoms with van der Waals surface area (Å²) < 4.78 is 12.0. The smallest absolute Gasteiger partial charge is 0.532 e. The van der Waals surface area contributed by atoms with Crippen LogP contribution in [-0.4, -0.2) is 17.4 Å². The molecule has 9 nitrogen and oxygen atoms in total. The van der Waals surface area contributed by atoms with E-state index >= 15 is 0 Å². The second-order valence-corrected chi connectivity index (χ2v) is 2.26. The molecule has 0 saturated carbocycles. The molecule has 1 aromatic rings. The zero-order chi connectivity index (χ0) is 10.4. The molecule has 11 heteroatoms. The van der Waals surface area contributed by atoms with Crippen LogP contribution in [0.4, 0.5) is 9.59 Å². The van der Waals surface area contributed by atoms with E-state index < -0.39 is 26.4 Å². The van der Waals surface area contributed by atoms with Crippen LogP contribution >= 0.6 is 8.24 Å². The maximum atomic E-state index is 9.79. The van der Waals surface area contributed by atoms with E-state index in [4.69, 9.17) is 20.1 Å². The maximum absolute atomic E-state index is 9.79. The molecule has 1 N–H and O–H groups in total. The third kappa shape index (κ3) is 9.30. The van der Waals surface area contributed by atoms with Crippen LogP contribution in [0.15, 0.2) is 13.2 Å². The van der Waals surface area contributed by atoms with E-state index in [9.17, 15) is 9.59 Å². The summed E-state index contributed by atoms with van der Waals surface area (Å²) in [5.74, 6) is -0.901. The summed E-state index contributed by atoms with van der Waals surface area (Å²) in [5.41, 5.74) is 0. The molecule has 1 heterocycles. The van der Waals surface area contributed by atoms with Gasteiger partial charge in [0.1, 0.15) is 0 Å². The first-order chi connectivity index (χ1) is 5.91. The van der Waals surface area contributed by atoms with E-state index in [1.54, 1.807) is 0 Å². The Hall–Kier alpha value is -0.786. The van der Waals surface area contributed by atoms with E-state index in [-0.39, 0.29) is 32.7 Å². The van der Waals surface area contributed by atoms with E-state index in [0.717, 1.165) is 0 Å². The molecule has 0 amide bonds. The standard InChI is InChI=1S/C2HO6P.CH2O3.Y/c3-1(4)6-9-7-2(5)8-9;2-1(3)4;/h(H,3,4);(H2,2,3,4);/p-2. The molecule has 14 heavy (non-hydrogen) atoms. The van der Waals surface area contributed by atoms with Crippen LogP contribution < -0.4 is 20.6 Å². The van der Waals surface area contributed by atoms with Crippen molar-refractivity contribution in [1.82, 2.24) is 0 Å². The molecule has 0 spiro atoms. The summed E-state index contributed by atoms with van der Waals surface area (Å²) in [6.07, 6.45) is -3.85. The van der Waals surface area contributed by atoms with Gasteiger partial charge >= 0.3 is 20.2 Å². The number of carbonyl (C=O) groups excluding carboxylic acids is 1. The molecule has 1 aromatic heterocycles. The molecule has 0 aliphatic carbocycles. The predicted molar refractivity (Wildman–Crippen MR) is 30.0 cm³/mol. The molecule has 0 aromatic carbocycles. The van der Waals surface area contributed by atoms with Crippen molar-refractivity contribution in [2.75, 3.05) is 0 Å². The largest absolute Gasteiger partial charge is 0.652 e. The Morgan fingerprint density at radius 3 is 1.93 bits per heavy atom. The molecule has 0 saturated heterocycles. The average Bonchev–Trinajstić information content (AvgIpc) is 1.81. The molecular weight excluding hydrogens is 300 g/mol. The van der Waals surface area contributed by atoms with Gasteiger partial charge in [0.15, 0.2) is 0 Å². The van der Waals surface area contributed by atoms with Crippen molar-refractivity contribution in [1.29, 1.82) is 0 Å². The zero-order valence-electron chi connectivity index (χ0n) is 6.24. The van der Waals surface area contributed by atoms with Crippen molar-refractivity contribution >= 4 is 20.6 Å². The van der Waals surface area contributed by atoms with Crippen LogP contribution in [0.1, 0.15) is 0 Å². The normalized spacial score (nSPS) is 7.71. The van der Waals surface area contributed by atoms with Crippen LogP contribution in [0.2, 0.25) is 0 Å². The van der Waals surface area contributed by atoms with Gasteiger partial charge in [-0.05, 0) is 6.16 Å². The fraction of sp³-hybridized carbons (Fsp3) is 0. The van der Waals surface area contributed by atoms with E-state index in [1.807, 2.05) is 0 Å². The van der Waals surface area contributed by atoms with Gasteiger partial charge in [-0.15, -0.1) is 0 Å². The van der Waals surface area contributed by atoms with Crippen LogP contribution in [0.25, 0.3) is 0 Å². The molecule has 77 valence electrons. The van der Waals surface area contributed by atoms with Crippen LogP contribution in [0, 0.1) is 0 Å². The topological polar surface area (TPSA) is 153 Å². The molecule has 0 unspecified atom stereocenters. The van der Waals surface area contributed by atoms with Crippen molar-refractivity contribution in [3.05, 3.63) is 10.6 Å². The zero-order valence-corrected chi connectivity index (χ0v) is 9.97. The summed E-state index contributed by atoms with van der Waals surface area (Å²) in [6, 6.07) is 0. The Labute approximate surface area is 101 Å². The van der Waals surface area contributed by atoms with Crippen LogP contribution in [0.5, 0.6) is 0 Å². The van der Waals surface area contributed by atoms with Crippen molar-refractivity contribution in [2.24, 2.45) is 0 Å². The summed E-state index contributed by atoms with van der Waals surface area (Å²) in [5, 5.41) is 24.5. The van der Waals surface area contributed by atoms with Gasteiger partial charge in [0, 0.05) is 32.7 Å². The van der Waals surface area contributed by atoms with Crippen molar-refractivity contribution in [3.63, 3.8) is 0 Å². The van der Waals surface area contributed by atoms with Gasteiger partial charge in [0.2, 0.25) is 0 Å². The molecule has 0 atom stereocenters. The fourth-order valence-electron chi connectivity index (χ4n) is 0.230. The Morgan fingerprint density at radius 2 is 1.71 bits per heavy atom. The SMILES string of the molecule is O=C(O)Op1oc(=O)o1.O=C([O-])[O-].[Y]. The first-order valence-corrected chi connectivity index (χ1v) is 3.50. The minimum atomic E-state index is -2.33. The number of hydrogen-bond acceptors (Lipinski definition) is 8. The van der Waals surface area contributed by atoms with Gasteiger partial charge in [-0.1, -0.05) is 0 Å². The minimum Gasteiger partial charge on any atom is -0.652 e. The molecule has 0 fully saturated rings. The van der Waals surface area contributed by atoms with Gasteiger partial charge in [0.25, 0.3) is 0 Å². The van der Waals surface area contributed by atoms with Gasteiger partial charge in [-0.3, -0.25) is 0 Å². The second-order valence-electron chi connectivity index (χ2n) is 1.26. The molecular formula is C3HO9PY-2. The van der Waals surface area contributed by atoms with Crippen molar-refractivity contribution in [3.8, 4) is 0 Å². The maximum Gasteiger partial charge on any atom is 0.532 e. The quantitative estimate of drug-likeness (QED) is 0.612. The van der Waals surface area contributed by atoms with Gasteiger partial charge in [-0.25, -0.2) is 9.59 Å². The summed E-state index contributed by atoms with van der Waals surface area (Å²) in [7, 11) is -1.93. The number of hydrogen-bond donors (Lipinski definition) is 1. The van der Waals surface area contributed by atoms with E-state index in [1.165, 1.54) is 0 Å². The van der Waals surface area contributed by atoms with Gasteiger partial charge < -0.3 is 33.0 Å². The van der Waals surface area contributed by atoms with Crippen LogP contribution in [-0.2, 0) is 32.7 Å². The Kier molecular flexibility index (Phi) is 8.51. The number of rotatable bonds is 1. The van der Waals surface area contributed by atoms with E-state index in [0.29, 0.717) is 0 Å². The third-order valence-corrected chi connectivity index (χ3v) is 1.35. The summed E-state index contributed by atoms with van der Waals surface area (Å²) in [4.78, 5) is 27.8. The third-order valence-electron chi connectivity index (χ3n) is 0.451. The second kappa shape index (κ2) is 7.60. The Morgan fingerprint density at radius 1 is 1.36 bits per heavy atom. The van der Waals surface area contributed by atoms with Crippen molar-refractivity contribution < 1.29 is 70.5 Å². The predicted octanol–water partition coefficient (Wildman–Crippen LogP) is -2.12. The minimum absolute atomic E-state index is 0. The molecule has 0 aliphatic heterocycles. The first-order valence-electron chi connectivity index (χ1n) is 2.40. The average molecular weight is 301 g/mol. The monoisotopic (exact) mass is 301 g/mol.